The van der Waals surface area contributed by atoms with Crippen LogP contribution >= 0.6 is 0 Å². The lowest BCUT2D eigenvalue weighted by atomic mass is 10.1. The van der Waals surface area contributed by atoms with Gasteiger partial charge < -0.3 is 5.11 Å². The van der Waals surface area contributed by atoms with Crippen LogP contribution in [0.3, 0.4) is 0 Å². The molecule has 0 fully saturated rings. The van der Waals surface area contributed by atoms with Crippen LogP contribution in [0.5, 0.6) is 0 Å². The van der Waals surface area contributed by atoms with Crippen molar-refractivity contribution in [2.45, 2.75) is 32.2 Å². The van der Waals surface area contributed by atoms with Gasteiger partial charge in [-0.15, -0.1) is 5.10 Å². The molecular weight excluding hydrogens is 246 g/mol. The molecule has 2 rings (SSSR count). The lowest BCUT2D eigenvalue weighted by Gasteiger charge is -2.03. The Balaban J connectivity index is 1.87. The van der Waals surface area contributed by atoms with Crippen molar-refractivity contribution in [2.24, 2.45) is 0 Å². The van der Waals surface area contributed by atoms with E-state index in [9.17, 15) is 4.79 Å². The second kappa shape index (κ2) is 6.58. The van der Waals surface area contributed by atoms with E-state index in [1.165, 1.54) is 0 Å². The molecule has 2 aromatic heterocycles. The van der Waals surface area contributed by atoms with Crippen LogP contribution in [-0.2, 0) is 24.2 Å². The van der Waals surface area contributed by atoms with Crippen molar-refractivity contribution < 1.29 is 9.90 Å². The maximum atomic E-state index is 10.5. The Kier molecular flexibility index (Phi) is 4.54. The van der Waals surface area contributed by atoms with E-state index in [0.29, 0.717) is 19.4 Å². The number of carboxylic acid groups (broad SMARTS) is 1. The summed E-state index contributed by atoms with van der Waals surface area (Å²) >= 11 is 0. The zero-order chi connectivity index (χ0) is 13.5. The van der Waals surface area contributed by atoms with Gasteiger partial charge in [-0.2, -0.15) is 0 Å². The lowest BCUT2D eigenvalue weighted by Crippen LogP contribution is -2.09. The Labute approximate surface area is 110 Å². The van der Waals surface area contributed by atoms with Crippen LogP contribution in [0.1, 0.15) is 24.2 Å². The summed E-state index contributed by atoms with van der Waals surface area (Å²) in [5.74, 6) is -0.0285. The Hall–Kier alpha value is -2.31. The van der Waals surface area contributed by atoms with Crippen molar-refractivity contribution >= 4 is 5.97 Å². The summed E-state index contributed by atoms with van der Waals surface area (Å²) in [5.41, 5.74) is 1.13. The number of carboxylic acids is 1. The van der Waals surface area contributed by atoms with E-state index in [1.807, 2.05) is 18.3 Å². The predicted molar refractivity (Wildman–Crippen MR) is 66.3 cm³/mol. The molecule has 0 spiro atoms. The molecule has 0 radical (unpaired) electrons. The van der Waals surface area contributed by atoms with E-state index < -0.39 is 5.97 Å². The smallest absolute Gasteiger partial charge is 0.303 e. The summed E-state index contributed by atoms with van der Waals surface area (Å²) in [6.45, 7) is 0.529. The van der Waals surface area contributed by atoms with Gasteiger partial charge in [-0.05, 0) is 34.9 Å². The molecule has 7 nitrogen and oxygen atoms in total. The molecule has 0 aliphatic carbocycles. The lowest BCUT2D eigenvalue weighted by molar-refractivity contribution is -0.137. The minimum Gasteiger partial charge on any atom is -0.481 e. The van der Waals surface area contributed by atoms with Gasteiger partial charge in [0.25, 0.3) is 0 Å². The Morgan fingerprint density at radius 1 is 1.37 bits per heavy atom. The van der Waals surface area contributed by atoms with Gasteiger partial charge in [0.05, 0.1) is 0 Å². The summed E-state index contributed by atoms with van der Waals surface area (Å²) in [6.07, 6.45) is 5.74. The average molecular weight is 261 g/mol. The third-order valence-corrected chi connectivity index (χ3v) is 2.73. The fourth-order valence-corrected chi connectivity index (χ4v) is 1.76. The molecule has 0 bridgehead atoms. The number of aliphatic carboxylic acids is 1. The van der Waals surface area contributed by atoms with E-state index >= 15 is 0 Å². The van der Waals surface area contributed by atoms with Gasteiger partial charge in [-0.1, -0.05) is 6.07 Å². The van der Waals surface area contributed by atoms with E-state index in [4.69, 9.17) is 5.11 Å². The number of tetrazole rings is 1. The van der Waals surface area contributed by atoms with Gasteiger partial charge in [-0.25, -0.2) is 4.68 Å². The monoisotopic (exact) mass is 261 g/mol. The van der Waals surface area contributed by atoms with Gasteiger partial charge in [0.2, 0.25) is 0 Å². The normalized spacial score (nSPS) is 10.5. The first-order valence-corrected chi connectivity index (χ1v) is 6.11. The molecule has 0 atom stereocenters. The highest BCUT2D eigenvalue weighted by atomic mass is 16.4. The molecule has 19 heavy (non-hydrogen) atoms. The molecule has 2 heterocycles. The molecule has 0 aliphatic heterocycles. The van der Waals surface area contributed by atoms with Crippen LogP contribution in [0.15, 0.2) is 24.5 Å². The Morgan fingerprint density at radius 3 is 3.00 bits per heavy atom. The first kappa shape index (κ1) is 13.1. The number of aromatic nitrogens is 5. The molecule has 2 aromatic rings. The molecule has 7 heteroatoms. The van der Waals surface area contributed by atoms with E-state index in [2.05, 4.69) is 20.5 Å². The van der Waals surface area contributed by atoms with Crippen molar-refractivity contribution in [1.29, 1.82) is 0 Å². The molecule has 100 valence electrons. The number of carbonyl (C=O) groups is 1. The third-order valence-electron chi connectivity index (χ3n) is 2.73. The van der Waals surface area contributed by atoms with Crippen LogP contribution in [0.25, 0.3) is 0 Å². The molecule has 0 aliphatic rings. The highest BCUT2D eigenvalue weighted by Gasteiger charge is 2.07. The molecule has 1 N–H and O–H groups in total. The topological polar surface area (TPSA) is 93.8 Å². The summed E-state index contributed by atoms with van der Waals surface area (Å²) in [4.78, 5) is 14.5. The summed E-state index contributed by atoms with van der Waals surface area (Å²) in [6, 6.07) is 3.90. The van der Waals surface area contributed by atoms with E-state index in [0.717, 1.165) is 17.8 Å². The highest BCUT2D eigenvalue weighted by molar-refractivity contribution is 5.66. The minimum absolute atomic E-state index is 0.127. The Morgan fingerprint density at radius 2 is 2.26 bits per heavy atom. The first-order valence-electron chi connectivity index (χ1n) is 6.11. The second-order valence-electron chi connectivity index (χ2n) is 4.18. The van der Waals surface area contributed by atoms with E-state index in [-0.39, 0.29) is 6.42 Å². The fourth-order valence-electron chi connectivity index (χ4n) is 1.76. The minimum atomic E-state index is -0.801. The average Bonchev–Trinajstić information content (AvgIpc) is 2.85. The van der Waals surface area contributed by atoms with Gasteiger partial charge in [0, 0.05) is 31.8 Å². The van der Waals surface area contributed by atoms with Gasteiger partial charge in [0.1, 0.15) is 0 Å². The van der Waals surface area contributed by atoms with Crippen LogP contribution in [0.4, 0.5) is 0 Å². The summed E-state index contributed by atoms with van der Waals surface area (Å²) < 4.78 is 1.67. The SMILES string of the molecule is O=C(O)CCCn1nnnc1CCc1cccnc1. The maximum absolute atomic E-state index is 10.5. The Bertz CT molecular complexity index is 526. The van der Waals surface area contributed by atoms with Crippen molar-refractivity contribution in [2.75, 3.05) is 0 Å². The zero-order valence-corrected chi connectivity index (χ0v) is 10.4. The van der Waals surface area contributed by atoms with Crippen molar-refractivity contribution in [3.05, 3.63) is 35.9 Å². The number of aryl methyl sites for hydroxylation is 3. The highest BCUT2D eigenvalue weighted by Crippen LogP contribution is 2.04. The van der Waals surface area contributed by atoms with Crippen LogP contribution in [-0.4, -0.2) is 36.3 Å². The molecular formula is C12H15N5O2. The van der Waals surface area contributed by atoms with Gasteiger partial charge in [-0.3, -0.25) is 9.78 Å². The van der Waals surface area contributed by atoms with Crippen molar-refractivity contribution in [3.63, 3.8) is 0 Å². The molecule has 0 unspecified atom stereocenters. The quantitative estimate of drug-likeness (QED) is 0.789. The van der Waals surface area contributed by atoms with Crippen LogP contribution in [0, 0.1) is 0 Å². The largest absolute Gasteiger partial charge is 0.481 e. The standard InChI is InChI=1S/C12H15N5O2/c18-12(19)4-2-8-17-11(14-15-16-17)6-5-10-3-1-7-13-9-10/h1,3,7,9H,2,4-6,8H2,(H,18,19). The number of pyridine rings is 1. The summed E-state index contributed by atoms with van der Waals surface area (Å²) in [5, 5.41) is 20.1. The van der Waals surface area contributed by atoms with Crippen LogP contribution in [0.2, 0.25) is 0 Å². The predicted octanol–water partition coefficient (Wildman–Crippen LogP) is 0.718. The second-order valence-corrected chi connectivity index (χ2v) is 4.18. The van der Waals surface area contributed by atoms with Gasteiger partial charge >= 0.3 is 5.97 Å². The molecule has 0 amide bonds. The molecule has 0 saturated carbocycles. The van der Waals surface area contributed by atoms with E-state index in [1.54, 1.807) is 10.9 Å². The zero-order valence-electron chi connectivity index (χ0n) is 10.4. The van der Waals surface area contributed by atoms with Gasteiger partial charge in [0.15, 0.2) is 5.82 Å². The number of rotatable bonds is 7. The third kappa shape index (κ3) is 4.13. The molecule has 0 saturated heterocycles. The fraction of sp³-hybridized carbons (Fsp3) is 0.417. The number of hydrogen-bond donors (Lipinski definition) is 1. The summed E-state index contributed by atoms with van der Waals surface area (Å²) in [7, 11) is 0. The molecule has 0 aromatic carbocycles. The maximum Gasteiger partial charge on any atom is 0.303 e. The van der Waals surface area contributed by atoms with Crippen molar-refractivity contribution in [3.8, 4) is 0 Å². The van der Waals surface area contributed by atoms with Crippen molar-refractivity contribution in [1.82, 2.24) is 25.2 Å². The number of hydrogen-bond acceptors (Lipinski definition) is 5. The van der Waals surface area contributed by atoms with Crippen LogP contribution < -0.4 is 0 Å². The number of nitrogens with zero attached hydrogens (tertiary/aromatic N) is 5. The first-order chi connectivity index (χ1) is 9.25.